The minimum atomic E-state index is -0.248. The molecule has 23 heavy (non-hydrogen) atoms. The van der Waals surface area contributed by atoms with Gasteiger partial charge in [-0.2, -0.15) is 0 Å². The van der Waals surface area contributed by atoms with Crippen LogP contribution >= 0.6 is 0 Å². The van der Waals surface area contributed by atoms with Gasteiger partial charge in [-0.05, 0) is 36.2 Å². The van der Waals surface area contributed by atoms with Crippen LogP contribution in [0.2, 0.25) is 0 Å². The molecule has 1 saturated carbocycles. The Morgan fingerprint density at radius 2 is 1.78 bits per heavy atom. The van der Waals surface area contributed by atoms with Crippen LogP contribution in [0, 0.1) is 11.3 Å². The number of carbonyl (C=O) groups is 1. The summed E-state index contributed by atoms with van der Waals surface area (Å²) in [5.41, 5.74) is 1.79. The number of ketones is 1. The average Bonchev–Trinajstić information content (AvgIpc) is 2.43. The van der Waals surface area contributed by atoms with Crippen LogP contribution in [0.5, 0.6) is 11.5 Å². The van der Waals surface area contributed by atoms with Gasteiger partial charge in [0.2, 0.25) is 0 Å². The van der Waals surface area contributed by atoms with Crippen LogP contribution in [0.1, 0.15) is 87.7 Å². The largest absolute Gasteiger partial charge is 0.504 e. The number of fused-ring (bicyclic) bond motifs is 3. The zero-order valence-electron chi connectivity index (χ0n) is 14.9. The Morgan fingerprint density at radius 1 is 1.13 bits per heavy atom. The van der Waals surface area contributed by atoms with Crippen molar-refractivity contribution in [3.63, 3.8) is 0 Å². The van der Waals surface area contributed by atoms with Crippen molar-refractivity contribution in [2.75, 3.05) is 0 Å². The molecule has 2 atom stereocenters. The highest BCUT2D eigenvalue weighted by atomic mass is 16.3. The number of phenols is 2. The first-order valence-corrected chi connectivity index (χ1v) is 8.72. The van der Waals surface area contributed by atoms with E-state index in [4.69, 9.17) is 0 Å². The van der Waals surface area contributed by atoms with Gasteiger partial charge in [0.15, 0.2) is 17.3 Å². The molecule has 0 heterocycles. The summed E-state index contributed by atoms with van der Waals surface area (Å²) in [4.78, 5) is 12.8. The van der Waals surface area contributed by atoms with Gasteiger partial charge in [-0.15, -0.1) is 0 Å². The lowest BCUT2D eigenvalue weighted by Gasteiger charge is -2.53. The molecule has 126 valence electrons. The molecule has 0 spiro atoms. The van der Waals surface area contributed by atoms with E-state index in [0.717, 1.165) is 19.3 Å². The number of hydrogen-bond acceptors (Lipinski definition) is 3. The third-order valence-corrected chi connectivity index (χ3v) is 6.42. The first kappa shape index (κ1) is 16.4. The molecule has 1 fully saturated rings. The van der Waals surface area contributed by atoms with Crippen LogP contribution < -0.4 is 0 Å². The summed E-state index contributed by atoms with van der Waals surface area (Å²) in [6.07, 6.45) is 3.68. The highest BCUT2D eigenvalue weighted by Gasteiger charge is 2.53. The van der Waals surface area contributed by atoms with E-state index in [2.05, 4.69) is 20.8 Å². The molecule has 0 aliphatic heterocycles. The van der Waals surface area contributed by atoms with E-state index in [1.54, 1.807) is 0 Å². The van der Waals surface area contributed by atoms with Gasteiger partial charge in [0.05, 0.1) is 0 Å². The van der Waals surface area contributed by atoms with E-state index in [1.807, 2.05) is 19.9 Å². The summed E-state index contributed by atoms with van der Waals surface area (Å²) in [5.74, 6) is 0.266. The first-order valence-electron chi connectivity index (χ1n) is 8.72. The summed E-state index contributed by atoms with van der Waals surface area (Å²) in [6, 6.07) is 1.82. The van der Waals surface area contributed by atoms with Crippen LogP contribution in [-0.4, -0.2) is 16.0 Å². The molecule has 0 saturated heterocycles. The molecule has 1 aromatic carbocycles. The fourth-order valence-corrected chi connectivity index (χ4v) is 5.14. The molecule has 3 nitrogen and oxygen atoms in total. The van der Waals surface area contributed by atoms with Crippen molar-refractivity contribution in [3.8, 4) is 11.5 Å². The Morgan fingerprint density at radius 3 is 2.39 bits per heavy atom. The van der Waals surface area contributed by atoms with Crippen molar-refractivity contribution in [1.29, 1.82) is 0 Å². The molecule has 0 aromatic heterocycles. The van der Waals surface area contributed by atoms with Crippen LogP contribution in [0.3, 0.4) is 0 Å². The number of aromatic hydroxyl groups is 2. The van der Waals surface area contributed by atoms with Crippen molar-refractivity contribution in [2.45, 2.75) is 71.6 Å². The minimum absolute atomic E-state index is 0.0446. The zero-order valence-corrected chi connectivity index (χ0v) is 14.9. The highest BCUT2D eigenvalue weighted by Crippen LogP contribution is 2.60. The normalized spacial score (nSPS) is 29.3. The van der Waals surface area contributed by atoms with Gasteiger partial charge < -0.3 is 10.2 Å². The monoisotopic (exact) mass is 316 g/mol. The number of hydrogen-bond donors (Lipinski definition) is 2. The second-order valence-electron chi connectivity index (χ2n) is 8.68. The lowest BCUT2D eigenvalue weighted by Crippen LogP contribution is -2.49. The predicted octanol–water partition coefficient (Wildman–Crippen LogP) is 4.89. The van der Waals surface area contributed by atoms with E-state index in [-0.39, 0.29) is 39.9 Å². The molecule has 3 heteroatoms. The average molecular weight is 316 g/mol. The zero-order chi connectivity index (χ0) is 17.2. The van der Waals surface area contributed by atoms with Gasteiger partial charge in [-0.3, -0.25) is 4.79 Å². The third kappa shape index (κ3) is 2.20. The molecule has 2 aliphatic carbocycles. The van der Waals surface area contributed by atoms with E-state index in [1.165, 1.54) is 0 Å². The van der Waals surface area contributed by atoms with Crippen molar-refractivity contribution in [2.24, 2.45) is 11.3 Å². The summed E-state index contributed by atoms with van der Waals surface area (Å²) in [7, 11) is 0. The molecule has 0 radical (unpaired) electrons. The van der Waals surface area contributed by atoms with Gasteiger partial charge in [0, 0.05) is 28.5 Å². The van der Waals surface area contributed by atoms with Crippen LogP contribution in [0.25, 0.3) is 0 Å². The van der Waals surface area contributed by atoms with Gasteiger partial charge in [0.25, 0.3) is 0 Å². The van der Waals surface area contributed by atoms with Crippen LogP contribution in [-0.2, 0) is 5.41 Å². The molecule has 0 amide bonds. The van der Waals surface area contributed by atoms with Gasteiger partial charge in [0.1, 0.15) is 0 Å². The van der Waals surface area contributed by atoms with Gasteiger partial charge >= 0.3 is 0 Å². The van der Waals surface area contributed by atoms with Crippen LogP contribution in [0.15, 0.2) is 6.07 Å². The molecular weight excluding hydrogens is 288 g/mol. The number of rotatable bonds is 1. The smallest absolute Gasteiger partial charge is 0.163 e. The van der Waals surface area contributed by atoms with Crippen molar-refractivity contribution in [1.82, 2.24) is 0 Å². The highest BCUT2D eigenvalue weighted by molar-refractivity contribution is 6.01. The molecule has 0 bridgehead atoms. The summed E-state index contributed by atoms with van der Waals surface area (Å²) < 4.78 is 0. The Hall–Kier alpha value is -1.51. The number of carbonyl (C=O) groups excluding carboxylic acids is 1. The second kappa shape index (κ2) is 4.99. The predicted molar refractivity (Wildman–Crippen MR) is 91.3 cm³/mol. The molecule has 3 rings (SSSR count). The summed E-state index contributed by atoms with van der Waals surface area (Å²) >= 11 is 0. The molecule has 1 aromatic rings. The van der Waals surface area contributed by atoms with E-state index < -0.39 is 0 Å². The lowest BCUT2D eigenvalue weighted by atomic mass is 9.50. The SMILES string of the molecule is CC(C)c1cc2c(c(O)c1O)[C@@]1(C)CCCC(C)(C)[C@@H]1CC2=O. The Balaban J connectivity index is 2.28. The molecule has 2 N–H and O–H groups in total. The number of phenolic OH excluding ortho intramolecular Hbond substituents is 2. The van der Waals surface area contributed by atoms with E-state index in [9.17, 15) is 15.0 Å². The Bertz CT molecular complexity index is 672. The topological polar surface area (TPSA) is 57.5 Å². The lowest BCUT2D eigenvalue weighted by molar-refractivity contribution is 0.0354. The van der Waals surface area contributed by atoms with Crippen molar-refractivity contribution >= 4 is 5.78 Å². The fraction of sp³-hybridized carbons (Fsp3) is 0.650. The second-order valence-corrected chi connectivity index (χ2v) is 8.68. The third-order valence-electron chi connectivity index (χ3n) is 6.42. The number of Topliss-reactive ketones (excluding diaryl/α,β-unsaturated/α-hetero) is 1. The molecule has 2 aliphatic rings. The minimum Gasteiger partial charge on any atom is -0.504 e. The number of benzene rings is 1. The van der Waals surface area contributed by atoms with Gasteiger partial charge in [-0.25, -0.2) is 0 Å². The summed E-state index contributed by atoms with van der Waals surface area (Å²) in [6.45, 7) is 10.5. The maximum absolute atomic E-state index is 12.8. The van der Waals surface area contributed by atoms with Crippen molar-refractivity contribution < 1.29 is 15.0 Å². The maximum Gasteiger partial charge on any atom is 0.163 e. The molecular formula is C20H28O3. The molecule has 0 unspecified atom stereocenters. The maximum atomic E-state index is 12.8. The Labute approximate surface area is 138 Å². The van der Waals surface area contributed by atoms with Gasteiger partial charge in [-0.1, -0.05) is 41.0 Å². The van der Waals surface area contributed by atoms with E-state index in [0.29, 0.717) is 23.1 Å². The first-order chi connectivity index (χ1) is 10.6. The van der Waals surface area contributed by atoms with Crippen molar-refractivity contribution in [3.05, 3.63) is 22.8 Å². The fourth-order valence-electron chi connectivity index (χ4n) is 5.14. The summed E-state index contributed by atoms with van der Waals surface area (Å²) in [5, 5.41) is 21.2. The van der Waals surface area contributed by atoms with E-state index >= 15 is 0 Å². The van der Waals surface area contributed by atoms with Crippen LogP contribution in [0.4, 0.5) is 0 Å². The Kier molecular flexibility index (Phi) is 3.55. The quantitative estimate of drug-likeness (QED) is 0.725. The standard InChI is InChI=1S/C20H28O3/c1-11(2)12-9-13-14(21)10-15-19(3,4)7-6-8-20(15,5)16(13)18(23)17(12)22/h9,11,15,22-23H,6-8,10H2,1-5H3/t15-,20-/m0/s1.